The molecule has 1 aliphatic rings. The Morgan fingerprint density at radius 1 is 1.59 bits per heavy atom. The first kappa shape index (κ1) is 12.5. The van der Waals surface area contributed by atoms with Gasteiger partial charge in [0.05, 0.1) is 13.0 Å². The number of methoxy groups -OCH3 is 1. The fourth-order valence-electron chi connectivity index (χ4n) is 1.34. The molecule has 17 heavy (non-hydrogen) atoms. The highest BCUT2D eigenvalue weighted by Gasteiger charge is 2.57. The van der Waals surface area contributed by atoms with Crippen molar-refractivity contribution in [3.63, 3.8) is 0 Å². The van der Waals surface area contributed by atoms with E-state index in [-0.39, 0.29) is 12.6 Å². The average Bonchev–Trinajstić information content (AvgIpc) is 2.96. The molecule has 0 radical (unpaired) electrons. The average molecular weight is 276 g/mol. The van der Waals surface area contributed by atoms with Gasteiger partial charge < -0.3 is 9.47 Å². The number of rotatable bonds is 4. The molecule has 1 atom stereocenters. The molecule has 1 aromatic rings. The molecule has 1 unspecified atom stereocenters. The van der Waals surface area contributed by atoms with E-state index in [1.165, 1.54) is 7.11 Å². The summed E-state index contributed by atoms with van der Waals surface area (Å²) in [5.74, 6) is -0.259. The van der Waals surface area contributed by atoms with Crippen LogP contribution in [-0.4, -0.2) is 22.4 Å². The van der Waals surface area contributed by atoms with E-state index < -0.39 is 10.3 Å². The molecule has 0 N–H and O–H groups in total. The highest BCUT2D eigenvalue weighted by atomic mass is 35.5. The summed E-state index contributed by atoms with van der Waals surface area (Å²) in [6.07, 6.45) is 2.05. The zero-order valence-electron chi connectivity index (χ0n) is 9.15. The molecule has 1 heterocycles. The Bertz CT molecular complexity index is 419. The van der Waals surface area contributed by atoms with E-state index in [9.17, 15) is 4.79 Å². The Morgan fingerprint density at radius 2 is 2.29 bits per heavy atom. The van der Waals surface area contributed by atoms with Crippen molar-refractivity contribution in [1.82, 2.24) is 4.98 Å². The van der Waals surface area contributed by atoms with Crippen molar-refractivity contribution >= 4 is 29.2 Å². The number of aromatic nitrogens is 1. The number of carbonyl (C=O) groups is 1. The second-order valence-corrected chi connectivity index (χ2v) is 5.38. The van der Waals surface area contributed by atoms with Crippen LogP contribution in [0.5, 0.6) is 5.88 Å². The molecule has 0 bridgehead atoms. The monoisotopic (exact) mass is 275 g/mol. The van der Waals surface area contributed by atoms with Crippen LogP contribution >= 0.6 is 23.2 Å². The zero-order valence-corrected chi connectivity index (χ0v) is 10.7. The largest absolute Gasteiger partial charge is 0.481 e. The number of alkyl halides is 2. The minimum absolute atomic E-state index is 0.163. The standard InChI is InChI=1S/C11H11Cl2NO3/c1-16-9-3-2-7(5-14-9)6-17-10(15)8-4-11(8,12)13/h2-3,5,8H,4,6H2,1H3. The van der Waals surface area contributed by atoms with Crippen molar-refractivity contribution in [2.45, 2.75) is 17.4 Å². The molecule has 1 aromatic heterocycles. The fraction of sp³-hybridized carbons (Fsp3) is 0.455. The van der Waals surface area contributed by atoms with Gasteiger partial charge in [-0.2, -0.15) is 0 Å². The van der Waals surface area contributed by atoms with E-state index in [1.54, 1.807) is 18.3 Å². The van der Waals surface area contributed by atoms with E-state index in [2.05, 4.69) is 4.98 Å². The van der Waals surface area contributed by atoms with Crippen LogP contribution in [-0.2, 0) is 16.1 Å². The van der Waals surface area contributed by atoms with Crippen molar-refractivity contribution in [3.8, 4) is 5.88 Å². The van der Waals surface area contributed by atoms with E-state index in [4.69, 9.17) is 32.7 Å². The second-order valence-electron chi connectivity index (χ2n) is 3.83. The SMILES string of the molecule is COc1ccc(COC(=O)C2CC2(Cl)Cl)cn1. The molecule has 92 valence electrons. The second kappa shape index (κ2) is 4.70. The van der Waals surface area contributed by atoms with Gasteiger partial charge in [0, 0.05) is 17.8 Å². The zero-order chi connectivity index (χ0) is 12.5. The van der Waals surface area contributed by atoms with Gasteiger partial charge in [0.25, 0.3) is 0 Å². The first-order valence-electron chi connectivity index (χ1n) is 5.06. The highest BCUT2D eigenvalue weighted by molar-refractivity contribution is 6.52. The summed E-state index contributed by atoms with van der Waals surface area (Å²) in [6.45, 7) is 0.163. The van der Waals surface area contributed by atoms with Gasteiger partial charge in [0.15, 0.2) is 0 Å². The quantitative estimate of drug-likeness (QED) is 0.625. The van der Waals surface area contributed by atoms with Crippen molar-refractivity contribution in [2.24, 2.45) is 5.92 Å². The number of hydrogen-bond acceptors (Lipinski definition) is 4. The van der Waals surface area contributed by atoms with E-state index >= 15 is 0 Å². The number of ether oxygens (including phenoxy) is 2. The maximum Gasteiger partial charge on any atom is 0.312 e. The summed E-state index contributed by atoms with van der Waals surface area (Å²) in [5.41, 5.74) is 0.787. The van der Waals surface area contributed by atoms with Crippen LogP contribution in [0, 0.1) is 5.92 Å². The molecule has 6 heteroatoms. The molecule has 0 aliphatic heterocycles. The third-order valence-corrected chi connectivity index (χ3v) is 3.33. The van der Waals surface area contributed by atoms with Crippen LogP contribution in [0.25, 0.3) is 0 Å². The molecule has 2 rings (SSSR count). The smallest absolute Gasteiger partial charge is 0.312 e. The molecule has 0 amide bonds. The minimum Gasteiger partial charge on any atom is -0.481 e. The lowest BCUT2D eigenvalue weighted by atomic mass is 10.3. The normalized spacial score (nSPS) is 20.8. The van der Waals surface area contributed by atoms with Gasteiger partial charge in [-0.1, -0.05) is 0 Å². The van der Waals surface area contributed by atoms with Crippen LogP contribution in [0.3, 0.4) is 0 Å². The number of hydrogen-bond donors (Lipinski definition) is 0. The predicted octanol–water partition coefficient (Wildman–Crippen LogP) is 2.33. The summed E-state index contributed by atoms with van der Waals surface area (Å²) in [7, 11) is 1.54. The molecular formula is C11H11Cl2NO3. The van der Waals surface area contributed by atoms with Gasteiger partial charge in [0.2, 0.25) is 5.88 Å². The number of halogens is 2. The van der Waals surface area contributed by atoms with E-state index in [0.29, 0.717) is 12.3 Å². The van der Waals surface area contributed by atoms with Crippen LogP contribution in [0.15, 0.2) is 18.3 Å². The maximum absolute atomic E-state index is 11.5. The van der Waals surface area contributed by atoms with Gasteiger partial charge in [-0.05, 0) is 12.5 Å². The highest BCUT2D eigenvalue weighted by Crippen LogP contribution is 2.53. The summed E-state index contributed by atoms with van der Waals surface area (Å²) >= 11 is 11.5. The predicted molar refractivity (Wildman–Crippen MR) is 63.1 cm³/mol. The van der Waals surface area contributed by atoms with Gasteiger partial charge in [-0.3, -0.25) is 4.79 Å². The van der Waals surface area contributed by atoms with Gasteiger partial charge >= 0.3 is 5.97 Å². The first-order chi connectivity index (χ1) is 8.03. The first-order valence-corrected chi connectivity index (χ1v) is 5.82. The molecule has 0 spiro atoms. The molecule has 0 aromatic carbocycles. The van der Waals surface area contributed by atoms with Gasteiger partial charge in [0.1, 0.15) is 10.9 Å². The van der Waals surface area contributed by atoms with E-state index in [1.807, 2.05) is 0 Å². The molecular weight excluding hydrogens is 265 g/mol. The Balaban J connectivity index is 1.83. The summed E-state index contributed by atoms with van der Waals surface area (Å²) in [5, 5.41) is 0. The van der Waals surface area contributed by atoms with Crippen molar-refractivity contribution in [3.05, 3.63) is 23.9 Å². The van der Waals surface area contributed by atoms with Crippen LogP contribution in [0.4, 0.5) is 0 Å². The Labute approximate surface area is 109 Å². The number of esters is 1. The summed E-state index contributed by atoms with van der Waals surface area (Å²) in [4.78, 5) is 15.5. The lowest BCUT2D eigenvalue weighted by Crippen LogP contribution is -2.10. The lowest BCUT2D eigenvalue weighted by Gasteiger charge is -2.05. The van der Waals surface area contributed by atoms with Crippen molar-refractivity contribution in [1.29, 1.82) is 0 Å². The molecule has 1 aliphatic carbocycles. The third kappa shape index (κ3) is 3.01. The number of pyridine rings is 1. The Morgan fingerprint density at radius 3 is 2.76 bits per heavy atom. The molecule has 4 nitrogen and oxygen atoms in total. The summed E-state index contributed by atoms with van der Waals surface area (Å²) < 4.78 is 9.05. The maximum atomic E-state index is 11.5. The van der Waals surface area contributed by atoms with Crippen molar-refractivity contribution < 1.29 is 14.3 Å². The Kier molecular flexibility index (Phi) is 3.45. The van der Waals surface area contributed by atoms with Gasteiger partial charge in [-0.25, -0.2) is 4.98 Å². The Hall–Kier alpha value is -1.00. The molecule has 1 saturated carbocycles. The third-order valence-electron chi connectivity index (χ3n) is 2.50. The summed E-state index contributed by atoms with van der Waals surface area (Å²) in [6, 6.07) is 3.48. The van der Waals surface area contributed by atoms with Crippen LogP contribution in [0.2, 0.25) is 0 Å². The fourth-order valence-corrected chi connectivity index (χ4v) is 1.83. The molecule has 1 fully saturated rings. The van der Waals surface area contributed by atoms with Crippen LogP contribution in [0.1, 0.15) is 12.0 Å². The van der Waals surface area contributed by atoms with Crippen LogP contribution < -0.4 is 4.74 Å². The minimum atomic E-state index is -0.935. The number of nitrogens with zero attached hydrogens (tertiary/aromatic N) is 1. The lowest BCUT2D eigenvalue weighted by molar-refractivity contribution is -0.146. The molecule has 0 saturated heterocycles. The van der Waals surface area contributed by atoms with Gasteiger partial charge in [-0.15, -0.1) is 23.2 Å². The van der Waals surface area contributed by atoms with Crippen molar-refractivity contribution in [2.75, 3.05) is 7.11 Å². The topological polar surface area (TPSA) is 48.4 Å². The van der Waals surface area contributed by atoms with E-state index in [0.717, 1.165) is 5.56 Å². The number of carbonyl (C=O) groups excluding carboxylic acids is 1.